The molecule has 0 amide bonds. The van der Waals surface area contributed by atoms with Crippen LogP contribution in [-0.4, -0.2) is 22.2 Å². The lowest BCUT2D eigenvalue weighted by Gasteiger charge is -2.09. The molecule has 1 atom stereocenters. The molecular formula is C8H10N4O. The van der Waals surface area contributed by atoms with Gasteiger partial charge in [-0.2, -0.15) is 5.10 Å². The Kier molecular flexibility index (Phi) is 2.09. The normalized spacial score (nSPS) is 13.0. The average molecular weight is 178 g/mol. The summed E-state index contributed by atoms with van der Waals surface area (Å²) in [5.74, 6) is 0.781. The fraction of sp³-hybridized carbons (Fsp3) is 0.250. The van der Waals surface area contributed by atoms with Crippen molar-refractivity contribution in [2.45, 2.75) is 6.04 Å². The van der Waals surface area contributed by atoms with E-state index in [1.54, 1.807) is 12.5 Å². The van der Waals surface area contributed by atoms with Gasteiger partial charge < -0.3 is 9.73 Å². The third kappa shape index (κ3) is 1.46. The van der Waals surface area contributed by atoms with Crippen molar-refractivity contribution in [1.82, 2.24) is 20.5 Å². The van der Waals surface area contributed by atoms with Gasteiger partial charge in [-0.15, -0.1) is 0 Å². The molecule has 1 unspecified atom stereocenters. The van der Waals surface area contributed by atoms with Gasteiger partial charge in [-0.05, 0) is 13.1 Å². The lowest BCUT2D eigenvalue weighted by molar-refractivity contribution is 0.554. The predicted octanol–water partition coefficient (Wildman–Crippen LogP) is 0.706. The van der Waals surface area contributed by atoms with Crippen LogP contribution < -0.4 is 5.32 Å². The molecule has 2 N–H and O–H groups in total. The van der Waals surface area contributed by atoms with Gasteiger partial charge in [0, 0.05) is 5.56 Å². The van der Waals surface area contributed by atoms with Crippen molar-refractivity contribution in [2.75, 3.05) is 7.05 Å². The molecule has 0 aliphatic carbocycles. The topological polar surface area (TPSA) is 66.7 Å². The fourth-order valence-electron chi connectivity index (χ4n) is 1.25. The van der Waals surface area contributed by atoms with E-state index in [1.807, 2.05) is 13.1 Å². The molecule has 0 bridgehead atoms. The second-order valence-corrected chi connectivity index (χ2v) is 2.65. The number of rotatable bonds is 3. The van der Waals surface area contributed by atoms with E-state index in [1.165, 1.54) is 6.33 Å². The molecule has 0 aromatic carbocycles. The van der Waals surface area contributed by atoms with Gasteiger partial charge in [0.05, 0.1) is 18.6 Å². The molecule has 0 aliphatic heterocycles. The lowest BCUT2D eigenvalue weighted by Crippen LogP contribution is -2.18. The van der Waals surface area contributed by atoms with Crippen LogP contribution in [0, 0.1) is 0 Å². The quantitative estimate of drug-likeness (QED) is 0.726. The SMILES string of the molecule is CNC(c1ccoc1)c1ncn[nH]1. The Bertz CT molecular complexity index is 306. The number of aromatic nitrogens is 3. The molecule has 2 aromatic rings. The van der Waals surface area contributed by atoms with E-state index in [0.717, 1.165) is 11.4 Å². The van der Waals surface area contributed by atoms with Crippen molar-refractivity contribution in [3.05, 3.63) is 36.3 Å². The predicted molar refractivity (Wildman–Crippen MR) is 46.0 cm³/mol. The van der Waals surface area contributed by atoms with Crippen LogP contribution in [0.3, 0.4) is 0 Å². The molecule has 0 saturated carbocycles. The van der Waals surface area contributed by atoms with Crippen molar-refractivity contribution in [3.8, 4) is 0 Å². The molecular weight excluding hydrogens is 168 g/mol. The van der Waals surface area contributed by atoms with Crippen LogP contribution in [0.15, 0.2) is 29.3 Å². The number of aromatic amines is 1. The summed E-state index contributed by atoms with van der Waals surface area (Å²) >= 11 is 0. The van der Waals surface area contributed by atoms with E-state index in [2.05, 4.69) is 20.5 Å². The van der Waals surface area contributed by atoms with E-state index < -0.39 is 0 Å². The van der Waals surface area contributed by atoms with E-state index in [4.69, 9.17) is 4.42 Å². The first-order chi connectivity index (χ1) is 6.42. The van der Waals surface area contributed by atoms with E-state index >= 15 is 0 Å². The van der Waals surface area contributed by atoms with Crippen LogP contribution in [0.5, 0.6) is 0 Å². The molecule has 2 aromatic heterocycles. The largest absolute Gasteiger partial charge is 0.472 e. The maximum Gasteiger partial charge on any atom is 0.146 e. The second-order valence-electron chi connectivity index (χ2n) is 2.65. The molecule has 2 heterocycles. The summed E-state index contributed by atoms with van der Waals surface area (Å²) in [5, 5.41) is 9.72. The minimum absolute atomic E-state index is 0.0150. The smallest absolute Gasteiger partial charge is 0.146 e. The Morgan fingerprint density at radius 2 is 2.54 bits per heavy atom. The van der Waals surface area contributed by atoms with Gasteiger partial charge in [0.1, 0.15) is 12.2 Å². The highest BCUT2D eigenvalue weighted by Crippen LogP contribution is 2.17. The maximum atomic E-state index is 4.99. The first-order valence-corrected chi connectivity index (χ1v) is 3.96. The van der Waals surface area contributed by atoms with Crippen LogP contribution >= 0.6 is 0 Å². The highest BCUT2D eigenvalue weighted by molar-refractivity contribution is 5.18. The minimum Gasteiger partial charge on any atom is -0.472 e. The van der Waals surface area contributed by atoms with Gasteiger partial charge in [0.2, 0.25) is 0 Å². The molecule has 5 nitrogen and oxygen atoms in total. The summed E-state index contributed by atoms with van der Waals surface area (Å²) in [6.45, 7) is 0. The average Bonchev–Trinajstić information content (AvgIpc) is 2.76. The molecule has 0 spiro atoms. The monoisotopic (exact) mass is 178 g/mol. The van der Waals surface area contributed by atoms with Crippen molar-refractivity contribution in [1.29, 1.82) is 0 Å². The zero-order valence-corrected chi connectivity index (χ0v) is 7.19. The van der Waals surface area contributed by atoms with Gasteiger partial charge in [-0.3, -0.25) is 5.10 Å². The standard InChI is InChI=1S/C8H10N4O/c1-9-7(6-2-3-13-4-6)8-10-5-11-12-8/h2-5,7,9H,1H3,(H,10,11,12). The summed E-state index contributed by atoms with van der Waals surface area (Å²) in [5.41, 5.74) is 1.03. The van der Waals surface area contributed by atoms with Crippen LogP contribution in [0.25, 0.3) is 0 Å². The third-order valence-electron chi connectivity index (χ3n) is 1.87. The Labute approximate surface area is 75.2 Å². The van der Waals surface area contributed by atoms with Gasteiger partial charge >= 0.3 is 0 Å². The highest BCUT2D eigenvalue weighted by atomic mass is 16.3. The summed E-state index contributed by atoms with van der Waals surface area (Å²) in [4.78, 5) is 4.07. The molecule has 2 rings (SSSR count). The molecule has 0 saturated heterocycles. The van der Waals surface area contributed by atoms with Gasteiger partial charge in [0.15, 0.2) is 0 Å². The van der Waals surface area contributed by atoms with Gasteiger partial charge in [-0.25, -0.2) is 4.98 Å². The van der Waals surface area contributed by atoms with Gasteiger partial charge in [-0.1, -0.05) is 0 Å². The number of nitrogens with one attached hydrogen (secondary N) is 2. The number of H-pyrrole nitrogens is 1. The van der Waals surface area contributed by atoms with E-state index in [-0.39, 0.29) is 6.04 Å². The number of hydrogen-bond donors (Lipinski definition) is 2. The highest BCUT2D eigenvalue weighted by Gasteiger charge is 2.15. The molecule has 0 fully saturated rings. The van der Waals surface area contributed by atoms with Crippen LogP contribution in [0.1, 0.15) is 17.4 Å². The Morgan fingerprint density at radius 3 is 3.08 bits per heavy atom. The zero-order valence-electron chi connectivity index (χ0n) is 7.19. The molecule has 0 aliphatic rings. The molecule has 68 valence electrons. The van der Waals surface area contributed by atoms with Gasteiger partial charge in [0.25, 0.3) is 0 Å². The molecule has 5 heteroatoms. The zero-order chi connectivity index (χ0) is 9.10. The van der Waals surface area contributed by atoms with Crippen LogP contribution in [0.2, 0.25) is 0 Å². The van der Waals surface area contributed by atoms with Crippen molar-refractivity contribution in [3.63, 3.8) is 0 Å². The number of nitrogens with zero attached hydrogens (tertiary/aromatic N) is 2. The summed E-state index contributed by atoms with van der Waals surface area (Å²) < 4.78 is 4.99. The first-order valence-electron chi connectivity index (χ1n) is 3.96. The first kappa shape index (κ1) is 8.00. The number of furan rings is 1. The number of hydrogen-bond acceptors (Lipinski definition) is 4. The Morgan fingerprint density at radius 1 is 1.62 bits per heavy atom. The minimum atomic E-state index is 0.0150. The van der Waals surface area contributed by atoms with Crippen molar-refractivity contribution in [2.24, 2.45) is 0 Å². The van der Waals surface area contributed by atoms with E-state index in [9.17, 15) is 0 Å². The Hall–Kier alpha value is -1.62. The molecule has 0 radical (unpaired) electrons. The fourth-order valence-corrected chi connectivity index (χ4v) is 1.25. The summed E-state index contributed by atoms with van der Waals surface area (Å²) in [7, 11) is 1.86. The maximum absolute atomic E-state index is 4.99. The summed E-state index contributed by atoms with van der Waals surface area (Å²) in [6.07, 6.45) is 4.81. The van der Waals surface area contributed by atoms with Crippen LogP contribution in [-0.2, 0) is 0 Å². The van der Waals surface area contributed by atoms with Crippen molar-refractivity contribution >= 4 is 0 Å². The third-order valence-corrected chi connectivity index (χ3v) is 1.87. The van der Waals surface area contributed by atoms with Crippen molar-refractivity contribution < 1.29 is 4.42 Å². The van der Waals surface area contributed by atoms with E-state index in [0.29, 0.717) is 0 Å². The van der Waals surface area contributed by atoms with Crippen LogP contribution in [0.4, 0.5) is 0 Å². The second kappa shape index (κ2) is 3.40. The molecule has 13 heavy (non-hydrogen) atoms. The lowest BCUT2D eigenvalue weighted by atomic mass is 10.1. The Balaban J connectivity index is 2.29. The summed E-state index contributed by atoms with van der Waals surface area (Å²) in [6, 6.07) is 1.91.